The van der Waals surface area contributed by atoms with Crippen LogP contribution in [0.15, 0.2) is 34.9 Å². The minimum Gasteiger partial charge on any atom is -0.469 e. The normalized spacial score (nSPS) is 11.2. The van der Waals surface area contributed by atoms with Gasteiger partial charge in [0, 0.05) is 24.8 Å². The Kier molecular flexibility index (Phi) is 3.94. The molecule has 2 aromatic rings. The Labute approximate surface area is 120 Å². The lowest BCUT2D eigenvalue weighted by Gasteiger charge is -2.20. The summed E-state index contributed by atoms with van der Waals surface area (Å²) in [4.78, 5) is 1.67. The molecule has 0 N–H and O–H groups in total. The van der Waals surface area contributed by atoms with Gasteiger partial charge in [0.05, 0.1) is 23.5 Å². The molecule has 1 aromatic heterocycles. The predicted molar refractivity (Wildman–Crippen MR) is 71.7 cm³/mol. The summed E-state index contributed by atoms with van der Waals surface area (Å²) in [6, 6.07) is 7.04. The van der Waals surface area contributed by atoms with Crippen molar-refractivity contribution in [3.05, 3.63) is 53.0 Å². The van der Waals surface area contributed by atoms with E-state index in [2.05, 4.69) is 0 Å². The van der Waals surface area contributed by atoms with Crippen LogP contribution in [0.4, 0.5) is 18.9 Å². The molecular weight excluding hydrogens is 281 g/mol. The Bertz CT molecular complexity index is 683. The van der Waals surface area contributed by atoms with Gasteiger partial charge in [0.15, 0.2) is 0 Å². The molecule has 3 nitrogen and oxygen atoms in total. The third-order valence-corrected chi connectivity index (χ3v) is 3.24. The number of alkyl halides is 3. The molecule has 0 amide bonds. The van der Waals surface area contributed by atoms with E-state index < -0.39 is 11.7 Å². The Morgan fingerprint density at radius 3 is 2.52 bits per heavy atom. The smallest absolute Gasteiger partial charge is 0.417 e. The highest BCUT2D eigenvalue weighted by Gasteiger charge is 2.34. The van der Waals surface area contributed by atoms with Gasteiger partial charge in [-0.25, -0.2) is 0 Å². The highest BCUT2D eigenvalue weighted by molar-refractivity contribution is 5.54. The molecule has 0 radical (unpaired) electrons. The molecule has 0 spiro atoms. The van der Waals surface area contributed by atoms with Crippen LogP contribution in [-0.4, -0.2) is 7.05 Å². The van der Waals surface area contributed by atoms with Gasteiger partial charge in [-0.05, 0) is 31.2 Å². The van der Waals surface area contributed by atoms with Crippen LogP contribution in [-0.2, 0) is 12.7 Å². The lowest BCUT2D eigenvalue weighted by Crippen LogP contribution is -2.18. The molecule has 0 fully saturated rings. The molecule has 2 rings (SSSR count). The zero-order valence-corrected chi connectivity index (χ0v) is 11.5. The zero-order valence-electron chi connectivity index (χ0n) is 11.5. The van der Waals surface area contributed by atoms with Crippen LogP contribution < -0.4 is 4.90 Å². The van der Waals surface area contributed by atoms with Crippen LogP contribution in [0.3, 0.4) is 0 Å². The quantitative estimate of drug-likeness (QED) is 0.855. The molecule has 0 bridgehead atoms. The third kappa shape index (κ3) is 3.19. The van der Waals surface area contributed by atoms with Gasteiger partial charge in [-0.3, -0.25) is 0 Å². The summed E-state index contributed by atoms with van der Waals surface area (Å²) in [7, 11) is 1.69. The van der Waals surface area contributed by atoms with Crippen molar-refractivity contribution in [1.82, 2.24) is 0 Å². The van der Waals surface area contributed by atoms with Crippen molar-refractivity contribution in [2.75, 3.05) is 11.9 Å². The van der Waals surface area contributed by atoms with Crippen LogP contribution in [0.25, 0.3) is 0 Å². The summed E-state index contributed by atoms with van der Waals surface area (Å²) < 4.78 is 44.0. The SMILES string of the molecule is Cc1occc1CN(C)c1ccc(C#N)c(C(F)(F)F)c1. The van der Waals surface area contributed by atoms with Crippen molar-refractivity contribution in [2.24, 2.45) is 0 Å². The first kappa shape index (κ1) is 15.0. The zero-order chi connectivity index (χ0) is 15.6. The van der Waals surface area contributed by atoms with Gasteiger partial charge >= 0.3 is 6.18 Å². The van der Waals surface area contributed by atoms with Crippen molar-refractivity contribution in [2.45, 2.75) is 19.6 Å². The molecule has 0 aliphatic rings. The monoisotopic (exact) mass is 294 g/mol. The molecular formula is C15H13F3N2O. The van der Waals surface area contributed by atoms with E-state index in [0.29, 0.717) is 12.2 Å². The fraction of sp³-hybridized carbons (Fsp3) is 0.267. The van der Waals surface area contributed by atoms with E-state index in [-0.39, 0.29) is 5.56 Å². The van der Waals surface area contributed by atoms with Crippen LogP contribution in [0.5, 0.6) is 0 Å². The Hall–Kier alpha value is -2.42. The number of benzene rings is 1. The molecule has 0 unspecified atom stereocenters. The number of hydrogen-bond acceptors (Lipinski definition) is 3. The minimum absolute atomic E-state index is 0.376. The molecule has 110 valence electrons. The third-order valence-electron chi connectivity index (χ3n) is 3.24. The first-order chi connectivity index (χ1) is 9.82. The van der Waals surface area contributed by atoms with Crippen LogP contribution >= 0.6 is 0 Å². The Morgan fingerprint density at radius 2 is 2.00 bits per heavy atom. The molecule has 0 aliphatic heterocycles. The van der Waals surface area contributed by atoms with E-state index in [1.807, 2.05) is 0 Å². The topological polar surface area (TPSA) is 40.2 Å². The number of aryl methyl sites for hydroxylation is 1. The number of rotatable bonds is 3. The summed E-state index contributed by atoms with van der Waals surface area (Å²) in [5, 5.41) is 8.78. The maximum atomic E-state index is 12.9. The van der Waals surface area contributed by atoms with Crippen LogP contribution in [0.1, 0.15) is 22.5 Å². The van der Waals surface area contributed by atoms with Gasteiger partial charge in [-0.1, -0.05) is 0 Å². The summed E-state index contributed by atoms with van der Waals surface area (Å²) in [5.41, 5.74) is -0.00486. The van der Waals surface area contributed by atoms with Crippen molar-refractivity contribution < 1.29 is 17.6 Å². The van der Waals surface area contributed by atoms with E-state index in [9.17, 15) is 13.2 Å². The van der Waals surface area contributed by atoms with E-state index in [4.69, 9.17) is 9.68 Å². The van der Waals surface area contributed by atoms with Gasteiger partial charge in [0.2, 0.25) is 0 Å². The summed E-state index contributed by atoms with van der Waals surface area (Å²) >= 11 is 0. The van der Waals surface area contributed by atoms with Crippen LogP contribution in [0.2, 0.25) is 0 Å². The highest BCUT2D eigenvalue weighted by Crippen LogP contribution is 2.34. The molecule has 1 heterocycles. The maximum Gasteiger partial charge on any atom is 0.417 e. The fourth-order valence-corrected chi connectivity index (χ4v) is 2.02. The summed E-state index contributed by atoms with van der Waals surface area (Å²) in [5.74, 6) is 0.728. The highest BCUT2D eigenvalue weighted by atomic mass is 19.4. The molecule has 0 atom stereocenters. The van der Waals surface area contributed by atoms with E-state index in [1.54, 1.807) is 37.3 Å². The molecule has 0 aliphatic carbocycles. The average molecular weight is 294 g/mol. The van der Waals surface area contributed by atoms with Gasteiger partial charge in [0.25, 0.3) is 0 Å². The van der Waals surface area contributed by atoms with Crippen molar-refractivity contribution >= 4 is 5.69 Å². The first-order valence-electron chi connectivity index (χ1n) is 6.18. The standard InChI is InChI=1S/C15H13F3N2O/c1-10-12(5-6-21-10)9-20(2)13-4-3-11(8-19)14(7-13)15(16,17)18/h3-7H,9H2,1-2H3. The lowest BCUT2D eigenvalue weighted by molar-refractivity contribution is -0.137. The van der Waals surface area contributed by atoms with Crippen molar-refractivity contribution in [1.29, 1.82) is 5.26 Å². The van der Waals surface area contributed by atoms with E-state index in [0.717, 1.165) is 17.4 Å². The molecule has 21 heavy (non-hydrogen) atoms. The maximum absolute atomic E-state index is 12.9. The van der Waals surface area contributed by atoms with Gasteiger partial charge in [-0.15, -0.1) is 0 Å². The molecule has 0 saturated heterocycles. The Morgan fingerprint density at radius 1 is 1.29 bits per heavy atom. The largest absolute Gasteiger partial charge is 0.469 e. The van der Waals surface area contributed by atoms with Crippen molar-refractivity contribution in [3.8, 4) is 6.07 Å². The number of nitrogens with zero attached hydrogens (tertiary/aromatic N) is 2. The molecule has 1 aromatic carbocycles. The van der Waals surface area contributed by atoms with E-state index >= 15 is 0 Å². The second-order valence-corrected chi connectivity index (χ2v) is 4.70. The minimum atomic E-state index is -4.55. The first-order valence-corrected chi connectivity index (χ1v) is 6.18. The summed E-state index contributed by atoms with van der Waals surface area (Å²) in [6.07, 6.45) is -3.01. The number of halogens is 3. The second-order valence-electron chi connectivity index (χ2n) is 4.70. The molecule has 0 saturated carbocycles. The van der Waals surface area contributed by atoms with E-state index in [1.165, 1.54) is 12.1 Å². The summed E-state index contributed by atoms with van der Waals surface area (Å²) in [6.45, 7) is 2.22. The van der Waals surface area contributed by atoms with Crippen LogP contribution in [0, 0.1) is 18.3 Å². The molecule has 6 heteroatoms. The lowest BCUT2D eigenvalue weighted by atomic mass is 10.1. The fourth-order valence-electron chi connectivity index (χ4n) is 2.02. The number of nitriles is 1. The van der Waals surface area contributed by atoms with Crippen molar-refractivity contribution in [3.63, 3.8) is 0 Å². The average Bonchev–Trinajstić information content (AvgIpc) is 2.82. The number of hydrogen-bond donors (Lipinski definition) is 0. The Balaban J connectivity index is 2.32. The van der Waals surface area contributed by atoms with Gasteiger partial charge in [-0.2, -0.15) is 18.4 Å². The number of furan rings is 1. The van der Waals surface area contributed by atoms with Gasteiger partial charge in [0.1, 0.15) is 5.76 Å². The van der Waals surface area contributed by atoms with Gasteiger partial charge < -0.3 is 9.32 Å². The number of anilines is 1. The predicted octanol–water partition coefficient (Wildman–Crippen LogP) is 4.11. The second kappa shape index (κ2) is 5.52.